The van der Waals surface area contributed by atoms with E-state index in [4.69, 9.17) is 4.42 Å². The second kappa shape index (κ2) is 10.3. The maximum Gasteiger partial charge on any atom is 0.337 e. The number of carboxylic acids is 1. The summed E-state index contributed by atoms with van der Waals surface area (Å²) in [5.74, 6) is -1.03. The number of nitro groups is 1. The predicted octanol–water partition coefficient (Wildman–Crippen LogP) is 4.94. The molecule has 188 valence electrons. The van der Waals surface area contributed by atoms with Gasteiger partial charge in [-0.15, -0.1) is 0 Å². The lowest BCUT2D eigenvalue weighted by molar-refractivity contribution is -0.385. The largest absolute Gasteiger partial charge is 0.478 e. The molecule has 0 spiro atoms. The van der Waals surface area contributed by atoms with Gasteiger partial charge in [-0.1, -0.05) is 12.1 Å². The van der Waals surface area contributed by atoms with Crippen LogP contribution in [0.25, 0.3) is 11.3 Å². The van der Waals surface area contributed by atoms with Gasteiger partial charge in [0.15, 0.2) is 0 Å². The summed E-state index contributed by atoms with van der Waals surface area (Å²) in [5.41, 5.74) is 2.00. The van der Waals surface area contributed by atoms with Crippen molar-refractivity contribution in [3.8, 4) is 11.3 Å². The van der Waals surface area contributed by atoms with E-state index in [-0.39, 0.29) is 22.7 Å². The monoisotopic (exact) mass is 524 g/mol. The molecule has 13 heteroatoms. The second-order valence-corrected chi connectivity index (χ2v) is 9.12. The lowest BCUT2D eigenvalue weighted by atomic mass is 10.2. The van der Waals surface area contributed by atoms with Crippen LogP contribution in [0, 0.1) is 15.9 Å². The van der Waals surface area contributed by atoms with E-state index in [1.807, 2.05) is 0 Å². The van der Waals surface area contributed by atoms with E-state index < -0.39 is 37.3 Å². The minimum absolute atomic E-state index is 0.118. The lowest BCUT2D eigenvalue weighted by Crippen LogP contribution is -2.17. The minimum atomic E-state index is -4.49. The third kappa shape index (κ3) is 5.79. The Morgan fingerprint density at radius 2 is 1.76 bits per heavy atom. The fourth-order valence-corrected chi connectivity index (χ4v) is 4.51. The molecule has 37 heavy (non-hydrogen) atoms. The summed E-state index contributed by atoms with van der Waals surface area (Å²) in [7, 11) is -4.49. The smallest absolute Gasteiger partial charge is 0.337 e. The molecule has 0 saturated heterocycles. The van der Waals surface area contributed by atoms with Crippen molar-refractivity contribution >= 4 is 39.3 Å². The first-order valence-corrected chi connectivity index (χ1v) is 11.9. The van der Waals surface area contributed by atoms with E-state index in [2.05, 4.69) is 15.2 Å². The first-order valence-electron chi connectivity index (χ1n) is 10.4. The quantitative estimate of drug-likeness (QED) is 0.157. The molecule has 0 aliphatic rings. The van der Waals surface area contributed by atoms with Crippen LogP contribution in [0.1, 0.15) is 16.1 Å². The van der Waals surface area contributed by atoms with Gasteiger partial charge in [0.1, 0.15) is 22.2 Å². The molecule has 0 aliphatic heterocycles. The van der Waals surface area contributed by atoms with Crippen molar-refractivity contribution < 1.29 is 32.0 Å². The number of sulfonamides is 1. The number of hydrazone groups is 1. The molecule has 0 saturated carbocycles. The van der Waals surface area contributed by atoms with Crippen molar-refractivity contribution in [2.24, 2.45) is 5.10 Å². The highest BCUT2D eigenvalue weighted by Crippen LogP contribution is 2.29. The van der Waals surface area contributed by atoms with Gasteiger partial charge in [0, 0.05) is 17.7 Å². The first kappa shape index (κ1) is 25.1. The first-order chi connectivity index (χ1) is 17.6. The number of non-ortho nitro benzene ring substituents is 1. The highest BCUT2D eigenvalue weighted by atomic mass is 32.2. The van der Waals surface area contributed by atoms with E-state index >= 15 is 0 Å². The molecule has 1 aromatic heterocycles. The van der Waals surface area contributed by atoms with Crippen molar-refractivity contribution in [1.82, 2.24) is 0 Å². The number of nitrogens with zero attached hydrogens (tertiary/aromatic N) is 2. The van der Waals surface area contributed by atoms with Gasteiger partial charge in [0.25, 0.3) is 15.7 Å². The van der Waals surface area contributed by atoms with Crippen LogP contribution in [0.4, 0.5) is 21.5 Å². The number of furan rings is 1. The third-order valence-electron chi connectivity index (χ3n) is 5.00. The molecule has 0 bridgehead atoms. The van der Waals surface area contributed by atoms with Gasteiger partial charge < -0.3 is 9.52 Å². The van der Waals surface area contributed by atoms with Gasteiger partial charge in [-0.25, -0.2) is 17.6 Å². The van der Waals surface area contributed by atoms with E-state index in [0.29, 0.717) is 11.3 Å². The standard InChI is InChI=1S/C24H17FN4O7S/c25-16-7-5-15(6-8-16)22-12-10-18(36-22)14-26-27-21-11-9-17(29(32)33)13-23(21)37(34,35)28-20-4-2-1-3-19(20)24(30)31/h1-14,27-28H,(H,30,31). The number of nitro benzene ring substituents is 1. The van der Waals surface area contributed by atoms with Crippen LogP contribution in [0.5, 0.6) is 0 Å². The normalized spacial score (nSPS) is 11.4. The van der Waals surface area contributed by atoms with Gasteiger partial charge in [0.05, 0.1) is 28.1 Å². The number of carbonyl (C=O) groups is 1. The van der Waals surface area contributed by atoms with E-state index in [1.54, 1.807) is 12.1 Å². The van der Waals surface area contributed by atoms with Gasteiger partial charge in [-0.2, -0.15) is 5.10 Å². The number of rotatable bonds is 9. The van der Waals surface area contributed by atoms with Gasteiger partial charge >= 0.3 is 5.97 Å². The van der Waals surface area contributed by atoms with Crippen LogP contribution in [0.15, 0.2) is 93.3 Å². The summed E-state index contributed by atoms with van der Waals surface area (Å²) in [6, 6.07) is 17.2. The van der Waals surface area contributed by atoms with E-state index in [0.717, 1.165) is 18.2 Å². The van der Waals surface area contributed by atoms with Gasteiger partial charge in [-0.3, -0.25) is 20.3 Å². The Bertz CT molecular complexity index is 1620. The number of benzene rings is 3. The lowest BCUT2D eigenvalue weighted by Gasteiger charge is -2.13. The predicted molar refractivity (Wildman–Crippen MR) is 133 cm³/mol. The van der Waals surface area contributed by atoms with Crippen LogP contribution in [-0.2, 0) is 10.0 Å². The molecule has 0 radical (unpaired) electrons. The van der Waals surface area contributed by atoms with Crippen molar-refractivity contribution in [2.45, 2.75) is 4.90 Å². The fraction of sp³-hybridized carbons (Fsp3) is 0. The summed E-state index contributed by atoms with van der Waals surface area (Å²) < 4.78 is 47.2. The molecule has 0 unspecified atom stereocenters. The zero-order valence-electron chi connectivity index (χ0n) is 18.7. The Morgan fingerprint density at radius 3 is 2.46 bits per heavy atom. The third-order valence-corrected chi connectivity index (χ3v) is 6.41. The maximum atomic E-state index is 13.1. The Balaban J connectivity index is 1.61. The molecule has 11 nitrogen and oxygen atoms in total. The van der Waals surface area contributed by atoms with Crippen LogP contribution in [0.2, 0.25) is 0 Å². The molecule has 3 N–H and O–H groups in total. The Labute approximate surface area is 209 Å². The molecular weight excluding hydrogens is 507 g/mol. The number of hydrogen-bond acceptors (Lipinski definition) is 8. The fourth-order valence-electron chi connectivity index (χ4n) is 3.25. The van der Waals surface area contributed by atoms with Crippen LogP contribution >= 0.6 is 0 Å². The average Bonchev–Trinajstić information content (AvgIpc) is 3.33. The Kier molecular flexibility index (Phi) is 6.97. The SMILES string of the molecule is O=C(O)c1ccccc1NS(=O)(=O)c1cc([N+](=O)[O-])ccc1NN=Cc1ccc(-c2ccc(F)cc2)o1. The number of hydrogen-bond donors (Lipinski definition) is 3. The number of anilines is 2. The van der Waals surface area contributed by atoms with Crippen molar-refractivity contribution in [1.29, 1.82) is 0 Å². The van der Waals surface area contributed by atoms with Crippen LogP contribution in [-0.4, -0.2) is 30.6 Å². The molecule has 4 rings (SSSR count). The molecule has 4 aromatic rings. The summed E-state index contributed by atoms with van der Waals surface area (Å²) in [5, 5.41) is 24.5. The molecule has 0 amide bonds. The van der Waals surface area contributed by atoms with Crippen molar-refractivity contribution in [3.63, 3.8) is 0 Å². The van der Waals surface area contributed by atoms with E-state index in [9.17, 15) is 32.8 Å². The number of halogens is 1. The maximum absolute atomic E-state index is 13.1. The Morgan fingerprint density at radius 1 is 1.03 bits per heavy atom. The molecule has 0 fully saturated rings. The molecule has 0 atom stereocenters. The van der Waals surface area contributed by atoms with Gasteiger partial charge in [-0.05, 0) is 54.6 Å². The van der Waals surface area contributed by atoms with Gasteiger partial charge in [0.2, 0.25) is 0 Å². The minimum Gasteiger partial charge on any atom is -0.478 e. The molecule has 0 aliphatic carbocycles. The number of aromatic carboxylic acids is 1. The number of carboxylic acid groups (broad SMARTS) is 1. The van der Waals surface area contributed by atoms with Crippen LogP contribution < -0.4 is 10.1 Å². The van der Waals surface area contributed by atoms with Crippen molar-refractivity contribution in [2.75, 3.05) is 10.1 Å². The molecular formula is C24H17FN4O7S. The highest BCUT2D eigenvalue weighted by Gasteiger charge is 2.24. The zero-order valence-corrected chi connectivity index (χ0v) is 19.5. The van der Waals surface area contributed by atoms with Crippen LogP contribution in [0.3, 0.4) is 0 Å². The number of nitrogens with one attached hydrogen (secondary N) is 2. The summed E-state index contributed by atoms with van der Waals surface area (Å²) >= 11 is 0. The highest BCUT2D eigenvalue weighted by molar-refractivity contribution is 7.93. The summed E-state index contributed by atoms with van der Waals surface area (Å²) in [6.45, 7) is 0. The molecule has 3 aromatic carbocycles. The van der Waals surface area contributed by atoms with E-state index in [1.165, 1.54) is 54.7 Å². The second-order valence-electron chi connectivity index (χ2n) is 7.47. The number of para-hydroxylation sites is 1. The summed E-state index contributed by atoms with van der Waals surface area (Å²) in [6.07, 6.45) is 1.25. The topological polar surface area (TPSA) is 164 Å². The zero-order chi connectivity index (χ0) is 26.6. The molecule has 1 heterocycles. The summed E-state index contributed by atoms with van der Waals surface area (Å²) in [4.78, 5) is 21.4. The van der Waals surface area contributed by atoms with Crippen molar-refractivity contribution in [3.05, 3.63) is 106 Å². The Hall–Kier alpha value is -5.04. The average molecular weight is 524 g/mol.